The Bertz CT molecular complexity index is 1570. The molecule has 4 heterocycles. The highest BCUT2D eigenvalue weighted by Gasteiger charge is 2.17. The van der Waals surface area contributed by atoms with Crippen molar-refractivity contribution in [3.8, 4) is 22.4 Å². The smallest absolute Gasteiger partial charge is 0.276 e. The standard InChI is InChI=1S/C29H25FN6O/c30-25-6-2-1-5-23(25)26-10-8-22(17-32-26)33-29(37)28-24-14-20(7-9-27(24)34-35-28)21-13-19(15-31-16-21)18-36-11-3-4-12-36/h1-2,5-10,13-17H,3-4,11-12,18H2,(H,33,37)(H,34,35). The quantitative estimate of drug-likeness (QED) is 0.319. The maximum Gasteiger partial charge on any atom is 0.276 e. The number of rotatable bonds is 6. The van der Waals surface area contributed by atoms with Crippen molar-refractivity contribution in [3.05, 3.63) is 96.3 Å². The molecule has 6 rings (SSSR count). The topological polar surface area (TPSA) is 86.8 Å². The fraction of sp³-hybridized carbons (Fsp3) is 0.172. The van der Waals surface area contributed by atoms with Crippen LogP contribution in [0, 0.1) is 5.82 Å². The Hall–Kier alpha value is -4.43. The molecule has 0 saturated carbocycles. The second-order valence-corrected chi connectivity index (χ2v) is 9.26. The number of H-pyrrole nitrogens is 1. The number of amides is 1. The summed E-state index contributed by atoms with van der Waals surface area (Å²) in [5.41, 5.74) is 5.59. The van der Waals surface area contributed by atoms with Crippen LogP contribution in [0.25, 0.3) is 33.3 Å². The molecule has 1 fully saturated rings. The van der Waals surface area contributed by atoms with Gasteiger partial charge in [-0.1, -0.05) is 18.2 Å². The molecule has 1 saturated heterocycles. The van der Waals surface area contributed by atoms with E-state index in [0.717, 1.165) is 41.7 Å². The summed E-state index contributed by atoms with van der Waals surface area (Å²) in [7, 11) is 0. The van der Waals surface area contributed by atoms with Crippen LogP contribution in [0.3, 0.4) is 0 Å². The van der Waals surface area contributed by atoms with Crippen molar-refractivity contribution in [1.82, 2.24) is 25.1 Å². The van der Waals surface area contributed by atoms with Crippen molar-refractivity contribution in [1.29, 1.82) is 0 Å². The molecule has 0 spiro atoms. The second kappa shape index (κ2) is 9.91. The van der Waals surface area contributed by atoms with Gasteiger partial charge in [-0.3, -0.25) is 24.8 Å². The molecule has 2 aromatic carbocycles. The molecular weight excluding hydrogens is 467 g/mol. The van der Waals surface area contributed by atoms with Gasteiger partial charge < -0.3 is 5.32 Å². The summed E-state index contributed by atoms with van der Waals surface area (Å²) in [5.74, 6) is -0.702. The van der Waals surface area contributed by atoms with E-state index in [1.807, 2.05) is 30.6 Å². The first-order valence-electron chi connectivity index (χ1n) is 12.3. The van der Waals surface area contributed by atoms with Crippen molar-refractivity contribution < 1.29 is 9.18 Å². The first kappa shape index (κ1) is 23.0. The average Bonchev–Trinajstić information content (AvgIpc) is 3.59. The average molecular weight is 493 g/mol. The predicted octanol–water partition coefficient (Wildman–Crippen LogP) is 5.67. The molecular formula is C29H25FN6O. The summed E-state index contributed by atoms with van der Waals surface area (Å²) in [6.45, 7) is 3.16. The highest BCUT2D eigenvalue weighted by Crippen LogP contribution is 2.27. The normalized spacial score (nSPS) is 13.8. The fourth-order valence-corrected chi connectivity index (χ4v) is 4.78. The van der Waals surface area contributed by atoms with Crippen molar-refractivity contribution in [2.24, 2.45) is 0 Å². The third-order valence-corrected chi connectivity index (χ3v) is 6.68. The number of halogens is 1. The van der Waals surface area contributed by atoms with Gasteiger partial charge in [-0.25, -0.2) is 4.39 Å². The Labute approximate surface area is 213 Å². The molecule has 37 heavy (non-hydrogen) atoms. The predicted molar refractivity (Wildman–Crippen MR) is 141 cm³/mol. The summed E-state index contributed by atoms with van der Waals surface area (Å²) < 4.78 is 14.1. The number of carbonyl (C=O) groups excluding carboxylic acids is 1. The van der Waals surface area contributed by atoms with Gasteiger partial charge >= 0.3 is 0 Å². The van der Waals surface area contributed by atoms with Crippen LogP contribution in [0.15, 0.2) is 79.3 Å². The van der Waals surface area contributed by atoms with Gasteiger partial charge in [0, 0.05) is 35.5 Å². The number of likely N-dealkylation sites (tertiary alicyclic amines) is 1. The zero-order chi connectivity index (χ0) is 25.2. The van der Waals surface area contributed by atoms with Gasteiger partial charge in [0.2, 0.25) is 0 Å². The molecule has 0 radical (unpaired) electrons. The number of aromatic nitrogens is 4. The summed E-state index contributed by atoms with van der Waals surface area (Å²) >= 11 is 0. The maximum atomic E-state index is 14.1. The molecule has 7 nitrogen and oxygen atoms in total. The molecule has 3 aromatic heterocycles. The van der Waals surface area contributed by atoms with Crippen molar-refractivity contribution >= 4 is 22.5 Å². The maximum absolute atomic E-state index is 14.1. The van der Waals surface area contributed by atoms with Gasteiger partial charge in [0.1, 0.15) is 5.82 Å². The molecule has 1 aliphatic rings. The Morgan fingerprint density at radius 3 is 2.65 bits per heavy atom. The lowest BCUT2D eigenvalue weighted by atomic mass is 10.0. The van der Waals surface area contributed by atoms with Crippen LogP contribution in [0.1, 0.15) is 28.9 Å². The molecule has 5 aromatic rings. The number of pyridine rings is 2. The lowest BCUT2D eigenvalue weighted by Crippen LogP contribution is -2.18. The Kier molecular flexibility index (Phi) is 6.16. The van der Waals surface area contributed by atoms with Gasteiger partial charge in [-0.15, -0.1) is 0 Å². The monoisotopic (exact) mass is 492 g/mol. The van der Waals surface area contributed by atoms with Crippen molar-refractivity contribution in [2.75, 3.05) is 18.4 Å². The third kappa shape index (κ3) is 4.83. The fourth-order valence-electron chi connectivity index (χ4n) is 4.78. The highest BCUT2D eigenvalue weighted by molar-refractivity contribution is 6.11. The van der Waals surface area contributed by atoms with Crippen LogP contribution in [-0.2, 0) is 6.54 Å². The first-order valence-corrected chi connectivity index (χ1v) is 12.3. The molecule has 0 bridgehead atoms. The molecule has 0 unspecified atom stereocenters. The minimum absolute atomic E-state index is 0.288. The van der Waals surface area contributed by atoms with Gasteiger partial charge in [0.15, 0.2) is 5.69 Å². The third-order valence-electron chi connectivity index (χ3n) is 6.68. The number of benzene rings is 2. The van der Waals surface area contributed by atoms with Gasteiger partial charge in [0.05, 0.1) is 23.1 Å². The van der Waals surface area contributed by atoms with Crippen LogP contribution in [0.4, 0.5) is 10.1 Å². The number of hydrogen-bond acceptors (Lipinski definition) is 5. The Balaban J connectivity index is 1.23. The number of carbonyl (C=O) groups is 1. The number of aromatic amines is 1. The minimum Gasteiger partial charge on any atom is -0.319 e. The molecule has 8 heteroatoms. The van der Waals surface area contributed by atoms with Crippen LogP contribution in [0.5, 0.6) is 0 Å². The van der Waals surface area contributed by atoms with E-state index in [4.69, 9.17) is 0 Å². The Morgan fingerprint density at radius 2 is 1.84 bits per heavy atom. The highest BCUT2D eigenvalue weighted by atomic mass is 19.1. The number of fused-ring (bicyclic) bond motifs is 1. The van der Waals surface area contributed by atoms with Crippen LogP contribution in [0.2, 0.25) is 0 Å². The zero-order valence-electron chi connectivity index (χ0n) is 20.1. The van der Waals surface area contributed by atoms with E-state index in [0.29, 0.717) is 16.9 Å². The number of nitrogens with zero attached hydrogens (tertiary/aromatic N) is 4. The lowest BCUT2D eigenvalue weighted by Gasteiger charge is -2.14. The SMILES string of the molecule is O=C(Nc1ccc(-c2ccccc2F)nc1)c1n[nH]c2ccc(-c3cncc(CN4CCCC4)c3)cc12. The summed E-state index contributed by atoms with van der Waals surface area (Å²) in [5, 5.41) is 10.8. The molecule has 1 amide bonds. The van der Waals surface area contributed by atoms with E-state index in [1.54, 1.807) is 30.3 Å². The number of nitrogens with one attached hydrogen (secondary N) is 2. The first-order chi connectivity index (χ1) is 18.1. The van der Waals surface area contributed by atoms with Crippen LogP contribution < -0.4 is 5.32 Å². The summed E-state index contributed by atoms with van der Waals surface area (Å²) in [6, 6.07) is 17.9. The van der Waals surface area contributed by atoms with E-state index in [1.165, 1.54) is 30.7 Å². The molecule has 2 N–H and O–H groups in total. The molecule has 0 aliphatic carbocycles. The van der Waals surface area contributed by atoms with Crippen LogP contribution in [-0.4, -0.2) is 44.1 Å². The summed E-state index contributed by atoms with van der Waals surface area (Å²) in [6.07, 6.45) is 7.78. The Morgan fingerprint density at radius 1 is 0.973 bits per heavy atom. The van der Waals surface area contributed by atoms with Crippen LogP contribution >= 0.6 is 0 Å². The minimum atomic E-state index is -0.357. The summed E-state index contributed by atoms with van der Waals surface area (Å²) in [4.78, 5) is 24.3. The van der Waals surface area contributed by atoms with E-state index in [-0.39, 0.29) is 17.4 Å². The molecule has 0 atom stereocenters. The van der Waals surface area contributed by atoms with E-state index < -0.39 is 0 Å². The largest absolute Gasteiger partial charge is 0.319 e. The van der Waals surface area contributed by atoms with Gasteiger partial charge in [-0.2, -0.15) is 5.10 Å². The molecule has 1 aliphatic heterocycles. The van der Waals surface area contributed by atoms with Crippen molar-refractivity contribution in [3.63, 3.8) is 0 Å². The van der Waals surface area contributed by atoms with E-state index in [2.05, 4.69) is 36.4 Å². The number of hydrogen-bond donors (Lipinski definition) is 2. The van der Waals surface area contributed by atoms with Crippen molar-refractivity contribution in [2.45, 2.75) is 19.4 Å². The zero-order valence-corrected chi connectivity index (χ0v) is 20.1. The van der Waals surface area contributed by atoms with Gasteiger partial charge in [-0.05, 0) is 79.5 Å². The molecule has 184 valence electrons. The number of anilines is 1. The van der Waals surface area contributed by atoms with Gasteiger partial charge in [0.25, 0.3) is 5.91 Å². The van der Waals surface area contributed by atoms with E-state index in [9.17, 15) is 9.18 Å². The lowest BCUT2D eigenvalue weighted by molar-refractivity contribution is 0.102. The van der Waals surface area contributed by atoms with E-state index >= 15 is 0 Å². The second-order valence-electron chi connectivity index (χ2n) is 9.26.